The molecule has 1 aliphatic heterocycles. The standard InChI is InChI=1S/C19H19N5O3/c25-18(24-11-5-4-8-16(24)17-21-19(26)23-22-17)15-10-9-14(12-20-15)27-13-6-2-1-3-7-13/h1-3,6-7,9-10,12,16H,4-5,8,11H2,(H2,21,22,23,26). The predicted molar refractivity (Wildman–Crippen MR) is 97.6 cm³/mol. The fourth-order valence-corrected chi connectivity index (χ4v) is 3.24. The molecule has 2 aromatic heterocycles. The first-order valence-corrected chi connectivity index (χ1v) is 8.85. The highest BCUT2D eigenvalue weighted by molar-refractivity contribution is 5.92. The van der Waals surface area contributed by atoms with Crippen LogP contribution in [0.15, 0.2) is 53.5 Å². The van der Waals surface area contributed by atoms with E-state index < -0.39 is 0 Å². The van der Waals surface area contributed by atoms with Gasteiger partial charge in [0.15, 0.2) is 5.82 Å². The zero-order valence-electron chi connectivity index (χ0n) is 14.6. The summed E-state index contributed by atoms with van der Waals surface area (Å²) in [5.74, 6) is 1.56. The molecule has 0 aliphatic carbocycles. The molecule has 2 N–H and O–H groups in total. The Kier molecular flexibility index (Phi) is 4.69. The SMILES string of the molecule is O=C(c1ccc(Oc2ccccc2)cn1)N1CCCCC1c1n[nH]c(=O)[nH]1. The van der Waals surface area contributed by atoms with Gasteiger partial charge in [-0.1, -0.05) is 18.2 Å². The second kappa shape index (κ2) is 7.45. The Bertz CT molecular complexity index is 965. The van der Waals surface area contributed by atoms with Crippen molar-refractivity contribution in [3.05, 3.63) is 70.7 Å². The van der Waals surface area contributed by atoms with E-state index in [9.17, 15) is 9.59 Å². The van der Waals surface area contributed by atoms with Gasteiger partial charge < -0.3 is 9.64 Å². The number of H-pyrrole nitrogens is 2. The zero-order valence-corrected chi connectivity index (χ0v) is 14.6. The Balaban J connectivity index is 1.51. The molecular formula is C19H19N5O3. The fraction of sp³-hybridized carbons (Fsp3) is 0.263. The minimum absolute atomic E-state index is 0.185. The van der Waals surface area contributed by atoms with E-state index in [1.165, 1.54) is 6.20 Å². The number of hydrogen-bond acceptors (Lipinski definition) is 5. The number of aromatic amines is 2. The van der Waals surface area contributed by atoms with Crippen LogP contribution in [0.4, 0.5) is 0 Å². The van der Waals surface area contributed by atoms with E-state index in [1.807, 2.05) is 30.3 Å². The Morgan fingerprint density at radius 1 is 1.11 bits per heavy atom. The van der Waals surface area contributed by atoms with Crippen LogP contribution in [0.3, 0.4) is 0 Å². The predicted octanol–water partition coefficient (Wildman–Crippen LogP) is 2.65. The number of likely N-dealkylation sites (tertiary alicyclic amines) is 1. The Morgan fingerprint density at radius 3 is 2.67 bits per heavy atom. The van der Waals surface area contributed by atoms with Crippen molar-refractivity contribution in [2.45, 2.75) is 25.3 Å². The molecule has 0 spiro atoms. The molecule has 1 fully saturated rings. The summed E-state index contributed by atoms with van der Waals surface area (Å²) in [5, 5.41) is 6.36. The third kappa shape index (κ3) is 3.74. The molecule has 1 aliphatic rings. The number of carbonyl (C=O) groups is 1. The molecule has 3 heterocycles. The summed E-state index contributed by atoms with van der Waals surface area (Å²) in [6.07, 6.45) is 4.17. The van der Waals surface area contributed by atoms with Crippen molar-refractivity contribution in [1.29, 1.82) is 0 Å². The number of piperidine rings is 1. The molecule has 8 heteroatoms. The number of rotatable bonds is 4. The first-order valence-electron chi connectivity index (χ1n) is 8.85. The van der Waals surface area contributed by atoms with Crippen LogP contribution in [0.5, 0.6) is 11.5 Å². The molecule has 27 heavy (non-hydrogen) atoms. The van der Waals surface area contributed by atoms with E-state index >= 15 is 0 Å². The van der Waals surface area contributed by atoms with E-state index in [4.69, 9.17) is 4.74 Å². The number of para-hydroxylation sites is 1. The van der Waals surface area contributed by atoms with Gasteiger partial charge in [0.2, 0.25) is 0 Å². The second-order valence-corrected chi connectivity index (χ2v) is 6.37. The Labute approximate surface area is 155 Å². The summed E-state index contributed by atoms with van der Waals surface area (Å²) in [6, 6.07) is 12.5. The van der Waals surface area contributed by atoms with Gasteiger partial charge >= 0.3 is 5.69 Å². The van der Waals surface area contributed by atoms with Gasteiger partial charge in [0.25, 0.3) is 5.91 Å². The first kappa shape index (κ1) is 17.0. The van der Waals surface area contributed by atoms with E-state index in [2.05, 4.69) is 20.2 Å². The number of ether oxygens (including phenoxy) is 1. The number of benzene rings is 1. The maximum absolute atomic E-state index is 13.0. The quantitative estimate of drug-likeness (QED) is 0.740. The number of nitrogens with one attached hydrogen (secondary N) is 2. The van der Waals surface area contributed by atoms with Crippen molar-refractivity contribution in [2.75, 3.05) is 6.54 Å². The minimum atomic E-state index is -0.372. The van der Waals surface area contributed by atoms with Crippen LogP contribution < -0.4 is 10.4 Å². The molecule has 8 nitrogen and oxygen atoms in total. The summed E-state index contributed by atoms with van der Waals surface area (Å²) >= 11 is 0. The van der Waals surface area contributed by atoms with Crippen LogP contribution in [0.1, 0.15) is 41.6 Å². The molecule has 0 saturated carbocycles. The highest BCUT2D eigenvalue weighted by Gasteiger charge is 2.31. The molecule has 1 amide bonds. The normalized spacial score (nSPS) is 16.9. The maximum Gasteiger partial charge on any atom is 0.340 e. The summed E-state index contributed by atoms with van der Waals surface area (Å²) in [5.41, 5.74) is -0.0382. The molecule has 1 unspecified atom stereocenters. The van der Waals surface area contributed by atoms with Gasteiger partial charge in [-0.2, -0.15) is 5.10 Å². The van der Waals surface area contributed by atoms with E-state index in [0.717, 1.165) is 19.3 Å². The molecule has 1 aromatic carbocycles. The largest absolute Gasteiger partial charge is 0.456 e. The van der Waals surface area contributed by atoms with E-state index in [-0.39, 0.29) is 17.6 Å². The number of aromatic nitrogens is 4. The van der Waals surface area contributed by atoms with Crippen molar-refractivity contribution in [3.8, 4) is 11.5 Å². The average Bonchev–Trinajstić information content (AvgIpc) is 3.15. The third-order valence-electron chi connectivity index (χ3n) is 4.53. The van der Waals surface area contributed by atoms with Crippen LogP contribution in [0.25, 0.3) is 0 Å². The highest BCUT2D eigenvalue weighted by Crippen LogP contribution is 2.29. The van der Waals surface area contributed by atoms with Crippen molar-refractivity contribution >= 4 is 5.91 Å². The van der Waals surface area contributed by atoms with Gasteiger partial charge in [-0.15, -0.1) is 0 Å². The van der Waals surface area contributed by atoms with Crippen molar-refractivity contribution in [3.63, 3.8) is 0 Å². The van der Waals surface area contributed by atoms with Crippen LogP contribution in [0.2, 0.25) is 0 Å². The Morgan fingerprint density at radius 2 is 1.96 bits per heavy atom. The van der Waals surface area contributed by atoms with Crippen molar-refractivity contribution < 1.29 is 9.53 Å². The van der Waals surface area contributed by atoms with Gasteiger partial charge in [-0.25, -0.2) is 14.9 Å². The number of hydrogen-bond donors (Lipinski definition) is 2. The first-order chi connectivity index (χ1) is 13.2. The van der Waals surface area contributed by atoms with Gasteiger partial charge in [0.1, 0.15) is 17.2 Å². The average molecular weight is 365 g/mol. The highest BCUT2D eigenvalue weighted by atomic mass is 16.5. The molecule has 3 aromatic rings. The summed E-state index contributed by atoms with van der Waals surface area (Å²) in [4.78, 5) is 33.0. The molecule has 0 bridgehead atoms. The van der Waals surface area contributed by atoms with Gasteiger partial charge in [-0.3, -0.25) is 9.78 Å². The molecule has 138 valence electrons. The monoisotopic (exact) mass is 365 g/mol. The summed E-state index contributed by atoms with van der Waals surface area (Å²) < 4.78 is 5.71. The lowest BCUT2D eigenvalue weighted by Gasteiger charge is -2.34. The zero-order chi connectivity index (χ0) is 18.6. The number of nitrogens with zero attached hydrogens (tertiary/aromatic N) is 3. The van der Waals surface area contributed by atoms with Gasteiger partial charge in [0.05, 0.1) is 12.2 Å². The maximum atomic E-state index is 13.0. The van der Waals surface area contributed by atoms with Gasteiger partial charge in [-0.05, 0) is 43.5 Å². The number of pyridine rings is 1. The number of amides is 1. The second-order valence-electron chi connectivity index (χ2n) is 6.37. The van der Waals surface area contributed by atoms with Crippen LogP contribution in [-0.2, 0) is 0 Å². The van der Waals surface area contributed by atoms with Crippen LogP contribution in [0, 0.1) is 0 Å². The number of carbonyl (C=O) groups excluding carboxylic acids is 1. The lowest BCUT2D eigenvalue weighted by atomic mass is 10.0. The van der Waals surface area contributed by atoms with E-state index in [0.29, 0.717) is 29.6 Å². The molecule has 1 saturated heterocycles. The van der Waals surface area contributed by atoms with E-state index in [1.54, 1.807) is 17.0 Å². The lowest BCUT2D eigenvalue weighted by molar-refractivity contribution is 0.0594. The minimum Gasteiger partial charge on any atom is -0.456 e. The van der Waals surface area contributed by atoms with Gasteiger partial charge in [0, 0.05) is 6.54 Å². The van der Waals surface area contributed by atoms with Crippen LogP contribution >= 0.6 is 0 Å². The third-order valence-corrected chi connectivity index (χ3v) is 4.53. The molecule has 0 radical (unpaired) electrons. The fourth-order valence-electron chi connectivity index (χ4n) is 3.24. The molecule has 4 rings (SSSR count). The van der Waals surface area contributed by atoms with Crippen LogP contribution in [-0.4, -0.2) is 37.5 Å². The summed E-state index contributed by atoms with van der Waals surface area (Å²) in [6.45, 7) is 0.600. The Hall–Kier alpha value is -3.42. The topological polar surface area (TPSA) is 104 Å². The molecular weight excluding hydrogens is 346 g/mol. The van der Waals surface area contributed by atoms with Crippen molar-refractivity contribution in [2.24, 2.45) is 0 Å². The summed E-state index contributed by atoms with van der Waals surface area (Å²) in [7, 11) is 0. The lowest BCUT2D eigenvalue weighted by Crippen LogP contribution is -2.39. The molecule has 1 atom stereocenters. The smallest absolute Gasteiger partial charge is 0.340 e. The van der Waals surface area contributed by atoms with Crippen molar-refractivity contribution in [1.82, 2.24) is 25.1 Å².